The van der Waals surface area contributed by atoms with E-state index >= 15 is 0 Å². The second-order valence-corrected chi connectivity index (χ2v) is 4.46. The molecule has 0 aromatic rings. The lowest BCUT2D eigenvalue weighted by molar-refractivity contribution is 0.246. The molecule has 1 heterocycles. The van der Waals surface area contributed by atoms with Crippen LogP contribution in [0.4, 0.5) is 0 Å². The Morgan fingerprint density at radius 3 is 2.93 bits per heavy atom. The number of hydrogen-bond donors (Lipinski definition) is 1. The van der Waals surface area contributed by atoms with Crippen LogP contribution in [0, 0.1) is 0 Å². The monoisotopic (exact) mass is 214 g/mol. The molecule has 1 N–H and O–H groups in total. The Morgan fingerprint density at radius 1 is 1.64 bits per heavy atom. The van der Waals surface area contributed by atoms with E-state index in [1.807, 2.05) is 13.0 Å². The number of piperidine rings is 1. The number of rotatable bonds is 3. The molecule has 80 valence electrons. The molecule has 0 spiro atoms. The zero-order valence-corrected chi connectivity index (χ0v) is 9.72. The second-order valence-electron chi connectivity index (χ2n) is 3.90. The number of nitrogens with zero attached hydrogens (tertiary/aromatic N) is 1. The fourth-order valence-electron chi connectivity index (χ4n) is 1.74. The Kier molecular flexibility index (Phi) is 4.49. The first-order chi connectivity index (χ1) is 6.63. The van der Waals surface area contributed by atoms with Crippen LogP contribution in [0.2, 0.25) is 0 Å². The van der Waals surface area contributed by atoms with Gasteiger partial charge in [0.05, 0.1) is 5.38 Å². The molecule has 0 aromatic carbocycles. The van der Waals surface area contributed by atoms with Crippen LogP contribution in [0.15, 0.2) is 24.4 Å². The molecular weight excluding hydrogens is 196 g/mol. The third-order valence-corrected chi connectivity index (χ3v) is 2.97. The standard InChI is InChI=1S/C11H19ClN2/c1-4-5-9(2)13-11-6-7-14(3)8-10(11)12/h4-5,10-11,13H,1,6-8H2,2-3H3/b9-5-/t10-,11+/m0/s1. The molecule has 0 aromatic heterocycles. The van der Waals surface area contributed by atoms with Crippen LogP contribution in [0.1, 0.15) is 13.3 Å². The molecule has 2 nitrogen and oxygen atoms in total. The van der Waals surface area contributed by atoms with Crippen LogP contribution in [-0.4, -0.2) is 36.5 Å². The van der Waals surface area contributed by atoms with E-state index < -0.39 is 0 Å². The summed E-state index contributed by atoms with van der Waals surface area (Å²) in [5.41, 5.74) is 1.14. The number of likely N-dealkylation sites (tertiary alicyclic amines) is 1. The minimum atomic E-state index is 0.196. The molecule has 0 saturated carbocycles. The van der Waals surface area contributed by atoms with E-state index in [1.54, 1.807) is 6.08 Å². The van der Waals surface area contributed by atoms with Gasteiger partial charge in [-0.15, -0.1) is 11.6 Å². The predicted molar refractivity (Wildman–Crippen MR) is 62.6 cm³/mol. The van der Waals surface area contributed by atoms with Crippen LogP contribution in [-0.2, 0) is 0 Å². The zero-order chi connectivity index (χ0) is 10.6. The number of halogens is 1. The molecule has 1 saturated heterocycles. The lowest BCUT2D eigenvalue weighted by Crippen LogP contribution is -2.48. The summed E-state index contributed by atoms with van der Waals surface area (Å²) in [4.78, 5) is 2.27. The summed E-state index contributed by atoms with van der Waals surface area (Å²) in [6.45, 7) is 7.78. The van der Waals surface area contributed by atoms with Gasteiger partial charge in [-0.1, -0.05) is 12.7 Å². The van der Waals surface area contributed by atoms with E-state index in [0.717, 1.165) is 25.2 Å². The molecular formula is C11H19ClN2. The molecule has 0 aliphatic carbocycles. The highest BCUT2D eigenvalue weighted by atomic mass is 35.5. The van der Waals surface area contributed by atoms with Crippen molar-refractivity contribution in [3.63, 3.8) is 0 Å². The van der Waals surface area contributed by atoms with Crippen molar-refractivity contribution < 1.29 is 0 Å². The lowest BCUT2D eigenvalue weighted by Gasteiger charge is -2.34. The van der Waals surface area contributed by atoms with E-state index in [4.69, 9.17) is 11.6 Å². The first kappa shape index (κ1) is 11.6. The summed E-state index contributed by atoms with van der Waals surface area (Å²) in [5, 5.41) is 3.62. The maximum Gasteiger partial charge on any atom is 0.0664 e. The van der Waals surface area contributed by atoms with Crippen molar-refractivity contribution in [2.45, 2.75) is 24.8 Å². The maximum absolute atomic E-state index is 6.26. The summed E-state index contributed by atoms with van der Waals surface area (Å²) in [7, 11) is 2.11. The third kappa shape index (κ3) is 3.35. The molecule has 14 heavy (non-hydrogen) atoms. The van der Waals surface area contributed by atoms with Crippen molar-refractivity contribution in [1.82, 2.24) is 10.2 Å². The van der Waals surface area contributed by atoms with Gasteiger partial charge in [0, 0.05) is 18.3 Å². The predicted octanol–water partition coefficient (Wildman–Crippen LogP) is 1.98. The summed E-state index contributed by atoms with van der Waals surface area (Å²) in [6, 6.07) is 0.393. The molecule has 1 aliphatic heterocycles. The maximum atomic E-state index is 6.26. The van der Waals surface area contributed by atoms with Gasteiger partial charge < -0.3 is 10.2 Å². The van der Waals surface area contributed by atoms with Gasteiger partial charge in [-0.3, -0.25) is 0 Å². The SMILES string of the molecule is C=C/C=C(/C)N[C@@H]1CCN(C)C[C@@H]1Cl. The van der Waals surface area contributed by atoms with Gasteiger partial charge in [0.15, 0.2) is 0 Å². The highest BCUT2D eigenvalue weighted by Gasteiger charge is 2.25. The van der Waals surface area contributed by atoms with Crippen LogP contribution in [0.5, 0.6) is 0 Å². The van der Waals surface area contributed by atoms with Crippen molar-refractivity contribution in [3.8, 4) is 0 Å². The Bertz CT molecular complexity index is 225. The van der Waals surface area contributed by atoms with Gasteiger partial charge in [0.25, 0.3) is 0 Å². The first-order valence-corrected chi connectivity index (χ1v) is 5.45. The van der Waals surface area contributed by atoms with Crippen molar-refractivity contribution in [3.05, 3.63) is 24.4 Å². The highest BCUT2D eigenvalue weighted by molar-refractivity contribution is 6.21. The molecule has 2 atom stereocenters. The van der Waals surface area contributed by atoms with E-state index in [0.29, 0.717) is 6.04 Å². The van der Waals surface area contributed by atoms with E-state index in [2.05, 4.69) is 23.8 Å². The fourth-order valence-corrected chi connectivity index (χ4v) is 2.16. The number of alkyl halides is 1. The molecule has 0 unspecified atom stereocenters. The van der Waals surface area contributed by atoms with Gasteiger partial charge >= 0.3 is 0 Å². The van der Waals surface area contributed by atoms with Gasteiger partial charge in [0.2, 0.25) is 0 Å². The number of hydrogen-bond acceptors (Lipinski definition) is 2. The Morgan fingerprint density at radius 2 is 2.36 bits per heavy atom. The minimum Gasteiger partial charge on any atom is -0.384 e. The summed E-state index contributed by atoms with van der Waals surface area (Å²) in [6.07, 6.45) is 4.87. The Hall–Kier alpha value is -0.470. The summed E-state index contributed by atoms with van der Waals surface area (Å²) < 4.78 is 0. The van der Waals surface area contributed by atoms with Crippen LogP contribution in [0.25, 0.3) is 0 Å². The van der Waals surface area contributed by atoms with E-state index in [-0.39, 0.29) is 5.38 Å². The van der Waals surface area contributed by atoms with Crippen molar-refractivity contribution in [2.75, 3.05) is 20.1 Å². The van der Waals surface area contributed by atoms with Crippen molar-refractivity contribution in [1.29, 1.82) is 0 Å². The zero-order valence-electron chi connectivity index (χ0n) is 8.96. The normalized spacial score (nSPS) is 30.1. The van der Waals surface area contributed by atoms with Crippen LogP contribution >= 0.6 is 11.6 Å². The van der Waals surface area contributed by atoms with E-state index in [9.17, 15) is 0 Å². The van der Waals surface area contributed by atoms with Crippen LogP contribution < -0.4 is 5.32 Å². The molecule has 1 aliphatic rings. The molecule has 1 rings (SSSR count). The molecule has 1 fully saturated rings. The molecule has 3 heteroatoms. The minimum absolute atomic E-state index is 0.196. The number of nitrogens with one attached hydrogen (secondary N) is 1. The van der Waals surface area contributed by atoms with Crippen molar-refractivity contribution in [2.24, 2.45) is 0 Å². The number of allylic oxidation sites excluding steroid dienone is 3. The Balaban J connectivity index is 2.45. The van der Waals surface area contributed by atoms with Crippen molar-refractivity contribution >= 4 is 11.6 Å². The molecule has 0 bridgehead atoms. The van der Waals surface area contributed by atoms with Gasteiger partial charge in [-0.05, 0) is 33.0 Å². The Labute approximate surface area is 91.6 Å². The van der Waals surface area contributed by atoms with Gasteiger partial charge in [-0.25, -0.2) is 0 Å². The topological polar surface area (TPSA) is 15.3 Å². The third-order valence-electron chi connectivity index (χ3n) is 2.53. The largest absolute Gasteiger partial charge is 0.384 e. The summed E-state index contributed by atoms with van der Waals surface area (Å²) >= 11 is 6.26. The summed E-state index contributed by atoms with van der Waals surface area (Å²) in [5.74, 6) is 0. The smallest absolute Gasteiger partial charge is 0.0664 e. The first-order valence-electron chi connectivity index (χ1n) is 5.02. The lowest BCUT2D eigenvalue weighted by atomic mass is 10.0. The van der Waals surface area contributed by atoms with Gasteiger partial charge in [-0.2, -0.15) is 0 Å². The van der Waals surface area contributed by atoms with E-state index in [1.165, 1.54) is 0 Å². The highest BCUT2D eigenvalue weighted by Crippen LogP contribution is 2.15. The fraction of sp³-hybridized carbons (Fsp3) is 0.636. The second kappa shape index (κ2) is 5.42. The quantitative estimate of drug-likeness (QED) is 0.571. The van der Waals surface area contributed by atoms with Crippen LogP contribution in [0.3, 0.4) is 0 Å². The average molecular weight is 215 g/mol. The molecule has 0 amide bonds. The van der Waals surface area contributed by atoms with Gasteiger partial charge in [0.1, 0.15) is 0 Å². The average Bonchev–Trinajstić information content (AvgIpc) is 2.10. The molecule has 0 radical (unpaired) electrons.